The Morgan fingerprint density at radius 1 is 0.970 bits per heavy atom. The summed E-state index contributed by atoms with van der Waals surface area (Å²) in [6, 6.07) is 6.52. The van der Waals surface area contributed by atoms with Crippen LogP contribution in [0.15, 0.2) is 48.1 Å². The van der Waals surface area contributed by atoms with Crippen molar-refractivity contribution in [1.29, 1.82) is 0 Å². The molecule has 0 saturated carbocycles. The van der Waals surface area contributed by atoms with Crippen molar-refractivity contribution < 1.29 is 29.3 Å². The number of carbonyl (C=O) groups excluding carboxylic acids is 3. The highest BCUT2D eigenvalue weighted by Crippen LogP contribution is 2.46. The first-order valence-corrected chi connectivity index (χ1v) is 11.5. The second kappa shape index (κ2) is 9.22. The molecule has 33 heavy (non-hydrogen) atoms. The SMILES string of the molecule is CCCCCC(CC)OC(=O)C1=CC2C(=O)c3c(c(O)c4ccccc4c3O)C(=O)C2C=C1. The van der Waals surface area contributed by atoms with Crippen LogP contribution in [-0.4, -0.2) is 33.9 Å². The third-order valence-corrected chi connectivity index (χ3v) is 6.58. The number of ketones is 2. The molecular formula is C27H28O6. The fourth-order valence-electron chi connectivity index (χ4n) is 4.71. The number of rotatable bonds is 7. The predicted octanol–water partition coefficient (Wildman–Crippen LogP) is 5.26. The lowest BCUT2D eigenvalue weighted by molar-refractivity contribution is -0.144. The first-order valence-electron chi connectivity index (χ1n) is 11.5. The Labute approximate surface area is 192 Å². The lowest BCUT2D eigenvalue weighted by atomic mass is 9.70. The molecule has 0 aromatic heterocycles. The van der Waals surface area contributed by atoms with Crippen LogP contribution in [0.5, 0.6) is 11.5 Å². The molecule has 2 aromatic carbocycles. The number of ether oxygens (including phenoxy) is 1. The molecule has 0 aliphatic heterocycles. The van der Waals surface area contributed by atoms with Crippen molar-refractivity contribution in [2.75, 3.05) is 0 Å². The fourth-order valence-corrected chi connectivity index (χ4v) is 4.71. The zero-order valence-electron chi connectivity index (χ0n) is 18.8. The van der Waals surface area contributed by atoms with E-state index in [4.69, 9.17) is 4.74 Å². The zero-order valence-corrected chi connectivity index (χ0v) is 18.8. The number of fused-ring (bicyclic) bond motifs is 3. The van der Waals surface area contributed by atoms with Crippen molar-refractivity contribution >= 4 is 28.3 Å². The molecule has 4 rings (SSSR count). The van der Waals surface area contributed by atoms with Gasteiger partial charge in [-0.15, -0.1) is 0 Å². The van der Waals surface area contributed by atoms with Crippen molar-refractivity contribution in [1.82, 2.24) is 0 Å². The van der Waals surface area contributed by atoms with Crippen LogP contribution in [0.3, 0.4) is 0 Å². The molecule has 0 bridgehead atoms. The van der Waals surface area contributed by atoms with Gasteiger partial charge in [0.2, 0.25) is 0 Å². The highest BCUT2D eigenvalue weighted by Gasteiger charge is 2.44. The molecule has 0 heterocycles. The second-order valence-corrected chi connectivity index (χ2v) is 8.69. The van der Waals surface area contributed by atoms with Crippen LogP contribution >= 0.6 is 0 Å². The maximum atomic E-state index is 13.4. The minimum atomic E-state index is -0.941. The first-order chi connectivity index (χ1) is 15.9. The van der Waals surface area contributed by atoms with Gasteiger partial charge in [0, 0.05) is 10.8 Å². The topological polar surface area (TPSA) is 101 Å². The van der Waals surface area contributed by atoms with Crippen LogP contribution < -0.4 is 0 Å². The second-order valence-electron chi connectivity index (χ2n) is 8.69. The predicted molar refractivity (Wildman–Crippen MR) is 124 cm³/mol. The van der Waals surface area contributed by atoms with Gasteiger partial charge >= 0.3 is 5.97 Å². The molecule has 3 unspecified atom stereocenters. The molecule has 2 aromatic rings. The Hall–Kier alpha value is -3.41. The number of allylic oxidation sites excluding steroid dienone is 2. The summed E-state index contributed by atoms with van der Waals surface area (Å²) in [6.45, 7) is 4.08. The zero-order chi connectivity index (χ0) is 23.7. The average Bonchev–Trinajstić information content (AvgIpc) is 2.83. The molecule has 2 aliphatic carbocycles. The molecule has 6 nitrogen and oxygen atoms in total. The maximum absolute atomic E-state index is 13.4. The molecule has 0 amide bonds. The van der Waals surface area contributed by atoms with Crippen molar-refractivity contribution in [3.05, 3.63) is 59.2 Å². The normalized spacial score (nSPS) is 20.2. The Kier molecular flexibility index (Phi) is 6.36. The molecular weight excluding hydrogens is 420 g/mol. The summed E-state index contributed by atoms with van der Waals surface area (Å²) < 4.78 is 5.65. The minimum Gasteiger partial charge on any atom is -0.507 e. The number of esters is 1. The molecule has 0 radical (unpaired) electrons. The van der Waals surface area contributed by atoms with Crippen LogP contribution in [0.4, 0.5) is 0 Å². The van der Waals surface area contributed by atoms with E-state index in [0.29, 0.717) is 17.2 Å². The average molecular weight is 449 g/mol. The van der Waals surface area contributed by atoms with Crippen LogP contribution in [0.2, 0.25) is 0 Å². The summed E-state index contributed by atoms with van der Waals surface area (Å²) in [4.78, 5) is 39.4. The summed E-state index contributed by atoms with van der Waals surface area (Å²) in [7, 11) is 0. The van der Waals surface area contributed by atoms with Crippen molar-refractivity contribution in [2.24, 2.45) is 11.8 Å². The molecule has 172 valence electrons. The number of benzene rings is 2. The van der Waals surface area contributed by atoms with E-state index < -0.39 is 29.4 Å². The molecule has 2 aliphatic rings. The Balaban J connectivity index is 1.66. The molecule has 0 spiro atoms. The van der Waals surface area contributed by atoms with E-state index in [1.165, 1.54) is 18.2 Å². The number of carbonyl (C=O) groups is 3. The number of aromatic hydroxyl groups is 2. The lowest BCUT2D eigenvalue weighted by Gasteiger charge is -2.31. The number of phenols is 2. The Morgan fingerprint density at radius 2 is 1.58 bits per heavy atom. The van der Waals surface area contributed by atoms with E-state index in [-0.39, 0.29) is 34.3 Å². The van der Waals surface area contributed by atoms with Crippen LogP contribution in [0.25, 0.3) is 10.8 Å². The number of hydrogen-bond acceptors (Lipinski definition) is 6. The third-order valence-electron chi connectivity index (χ3n) is 6.58. The largest absolute Gasteiger partial charge is 0.507 e. The summed E-state index contributed by atoms with van der Waals surface area (Å²) in [5.74, 6) is -3.91. The number of unbranched alkanes of at least 4 members (excludes halogenated alkanes) is 2. The van der Waals surface area contributed by atoms with Gasteiger partial charge in [0.05, 0.1) is 28.5 Å². The van der Waals surface area contributed by atoms with Gasteiger partial charge in [0.15, 0.2) is 11.6 Å². The fraction of sp³-hybridized carbons (Fsp3) is 0.370. The van der Waals surface area contributed by atoms with E-state index in [1.807, 2.05) is 6.92 Å². The number of phenolic OH excluding ortho intramolecular Hbond substituents is 2. The summed E-state index contributed by atoms with van der Waals surface area (Å²) in [6.07, 6.45) is 8.90. The van der Waals surface area contributed by atoms with E-state index in [1.54, 1.807) is 24.3 Å². The highest BCUT2D eigenvalue weighted by molar-refractivity contribution is 6.24. The monoisotopic (exact) mass is 448 g/mol. The van der Waals surface area contributed by atoms with Crippen molar-refractivity contribution in [3.8, 4) is 11.5 Å². The Bertz CT molecular complexity index is 1190. The van der Waals surface area contributed by atoms with Crippen molar-refractivity contribution in [3.63, 3.8) is 0 Å². The van der Waals surface area contributed by atoms with Gasteiger partial charge in [0.25, 0.3) is 0 Å². The quantitative estimate of drug-likeness (QED) is 0.340. The van der Waals surface area contributed by atoms with E-state index in [2.05, 4.69) is 6.92 Å². The number of hydrogen-bond donors (Lipinski definition) is 2. The summed E-state index contributed by atoms with van der Waals surface area (Å²) in [5, 5.41) is 22.2. The minimum absolute atomic E-state index is 0.163. The smallest absolute Gasteiger partial charge is 0.338 e. The Morgan fingerprint density at radius 3 is 2.15 bits per heavy atom. The maximum Gasteiger partial charge on any atom is 0.338 e. The summed E-state index contributed by atoms with van der Waals surface area (Å²) in [5.41, 5.74) is -0.134. The van der Waals surface area contributed by atoms with Crippen LogP contribution in [-0.2, 0) is 9.53 Å². The summed E-state index contributed by atoms with van der Waals surface area (Å²) >= 11 is 0. The van der Waals surface area contributed by atoms with Gasteiger partial charge in [-0.25, -0.2) is 4.79 Å². The van der Waals surface area contributed by atoms with Gasteiger partial charge in [-0.2, -0.15) is 0 Å². The molecule has 2 N–H and O–H groups in total. The molecule has 3 atom stereocenters. The van der Waals surface area contributed by atoms with E-state index >= 15 is 0 Å². The molecule has 0 fully saturated rings. The molecule has 0 saturated heterocycles. The molecule has 6 heteroatoms. The highest BCUT2D eigenvalue weighted by atomic mass is 16.5. The third kappa shape index (κ3) is 3.94. The first kappa shape index (κ1) is 22.8. The van der Waals surface area contributed by atoms with E-state index in [9.17, 15) is 24.6 Å². The van der Waals surface area contributed by atoms with Gasteiger partial charge in [-0.1, -0.05) is 69.2 Å². The van der Waals surface area contributed by atoms with E-state index in [0.717, 1.165) is 25.7 Å². The lowest BCUT2D eigenvalue weighted by Crippen LogP contribution is -2.36. The van der Waals surface area contributed by atoms with Gasteiger partial charge < -0.3 is 14.9 Å². The number of Topliss-reactive ketones (excluding diaryl/α,β-unsaturated/α-hetero) is 2. The standard InChI is InChI=1S/C27H28O6/c1-3-5-6-9-16(4-2)33-27(32)15-12-13-19-20(14-15)26(31)22-21(25(19)30)23(28)17-10-7-8-11-18(17)24(22)29/h7-8,10-14,16,19-20,28-29H,3-6,9H2,1-2H3. The van der Waals surface area contributed by atoms with Gasteiger partial charge in [-0.3, -0.25) is 9.59 Å². The van der Waals surface area contributed by atoms with Crippen LogP contribution in [0, 0.1) is 11.8 Å². The van der Waals surface area contributed by atoms with Gasteiger partial charge in [0.1, 0.15) is 17.6 Å². The van der Waals surface area contributed by atoms with Gasteiger partial charge in [-0.05, 0) is 19.3 Å². The van der Waals surface area contributed by atoms with Crippen LogP contribution in [0.1, 0.15) is 66.7 Å². The van der Waals surface area contributed by atoms with Crippen molar-refractivity contribution in [2.45, 2.75) is 52.1 Å².